The average Bonchev–Trinajstić information content (AvgIpc) is 2.05. The molecule has 2 unspecified atom stereocenters. The molecular weight excluding hydrogens is 132 g/mol. The van der Waals surface area contributed by atoms with Gasteiger partial charge in [0.2, 0.25) is 0 Å². The fourth-order valence-electron chi connectivity index (χ4n) is 1.21. The van der Waals surface area contributed by atoms with Gasteiger partial charge in [-0.3, -0.25) is 5.43 Å². The van der Waals surface area contributed by atoms with Gasteiger partial charge in [0.25, 0.3) is 0 Å². The number of nitrogens with one attached hydrogen (secondary N) is 6. The summed E-state index contributed by atoms with van der Waals surface area (Å²) in [6.45, 7) is 0.998. The standard InChI is InChI=1S/C4H12N6/c1-2-5-7-4-3(1)6-9-10-8-4/h3-10H,1-2H2. The Bertz CT molecular complexity index is 90.3. The SMILES string of the molecule is C1CC2NNNNC2NN1. The van der Waals surface area contributed by atoms with E-state index in [-0.39, 0.29) is 6.17 Å². The first-order valence-corrected chi connectivity index (χ1v) is 3.46. The first-order chi connectivity index (χ1) is 4.97. The third-order valence-corrected chi connectivity index (χ3v) is 1.79. The fraction of sp³-hybridized carbons (Fsp3) is 1.00. The zero-order chi connectivity index (χ0) is 6.81. The summed E-state index contributed by atoms with van der Waals surface area (Å²) in [4.78, 5) is 0. The highest BCUT2D eigenvalue weighted by molar-refractivity contribution is 4.82. The number of hydrogen-bond donors (Lipinski definition) is 6. The van der Waals surface area contributed by atoms with E-state index in [0.717, 1.165) is 13.0 Å². The van der Waals surface area contributed by atoms with E-state index >= 15 is 0 Å². The maximum atomic E-state index is 3.09. The molecule has 2 heterocycles. The topological polar surface area (TPSA) is 72.2 Å². The number of hydrazine groups is 4. The summed E-state index contributed by atoms with van der Waals surface area (Å²) in [6, 6.07) is 0.447. The van der Waals surface area contributed by atoms with Crippen LogP contribution >= 0.6 is 0 Å². The van der Waals surface area contributed by atoms with E-state index in [1.165, 1.54) is 0 Å². The molecule has 2 atom stereocenters. The molecule has 2 rings (SSSR count). The van der Waals surface area contributed by atoms with Gasteiger partial charge in [0.15, 0.2) is 0 Å². The van der Waals surface area contributed by atoms with Crippen LogP contribution in [0.3, 0.4) is 0 Å². The van der Waals surface area contributed by atoms with Crippen LogP contribution in [-0.4, -0.2) is 18.8 Å². The summed E-state index contributed by atoms with van der Waals surface area (Å²) in [5.41, 5.74) is 17.9. The van der Waals surface area contributed by atoms with E-state index < -0.39 is 0 Å². The van der Waals surface area contributed by atoms with Crippen molar-refractivity contribution in [3.63, 3.8) is 0 Å². The third kappa shape index (κ3) is 1.12. The second-order valence-corrected chi connectivity index (χ2v) is 2.48. The molecule has 0 aliphatic carbocycles. The van der Waals surface area contributed by atoms with Crippen molar-refractivity contribution < 1.29 is 0 Å². The van der Waals surface area contributed by atoms with Crippen molar-refractivity contribution in [3.8, 4) is 0 Å². The maximum Gasteiger partial charge on any atom is 0.101 e. The molecule has 0 amide bonds. The highest BCUT2D eigenvalue weighted by atomic mass is 15.8. The van der Waals surface area contributed by atoms with Crippen molar-refractivity contribution >= 4 is 0 Å². The molecule has 0 aromatic carbocycles. The second kappa shape index (κ2) is 2.79. The summed E-state index contributed by atoms with van der Waals surface area (Å²) in [7, 11) is 0. The number of hydrogen-bond acceptors (Lipinski definition) is 6. The molecule has 0 spiro atoms. The van der Waals surface area contributed by atoms with Gasteiger partial charge in [0.05, 0.1) is 6.04 Å². The molecule has 2 aliphatic rings. The summed E-state index contributed by atoms with van der Waals surface area (Å²) < 4.78 is 0. The zero-order valence-corrected chi connectivity index (χ0v) is 5.57. The minimum atomic E-state index is 0.259. The minimum absolute atomic E-state index is 0.259. The summed E-state index contributed by atoms with van der Waals surface area (Å²) in [5, 5.41) is 0. The van der Waals surface area contributed by atoms with Crippen molar-refractivity contribution in [3.05, 3.63) is 0 Å². The average molecular weight is 144 g/mol. The highest BCUT2D eigenvalue weighted by Gasteiger charge is 2.26. The molecule has 58 valence electrons. The van der Waals surface area contributed by atoms with E-state index in [0.29, 0.717) is 6.04 Å². The van der Waals surface area contributed by atoms with Gasteiger partial charge in [-0.1, -0.05) is 0 Å². The third-order valence-electron chi connectivity index (χ3n) is 1.79. The Morgan fingerprint density at radius 3 is 2.80 bits per heavy atom. The maximum absolute atomic E-state index is 3.09. The largest absolute Gasteiger partial charge is 0.256 e. The van der Waals surface area contributed by atoms with Gasteiger partial charge in [-0.15, -0.1) is 0 Å². The lowest BCUT2D eigenvalue weighted by Gasteiger charge is -2.38. The lowest BCUT2D eigenvalue weighted by molar-refractivity contribution is 0.122. The molecule has 0 bridgehead atoms. The molecule has 0 saturated carbocycles. The first-order valence-electron chi connectivity index (χ1n) is 3.46. The van der Waals surface area contributed by atoms with Crippen molar-refractivity contribution in [1.29, 1.82) is 0 Å². The van der Waals surface area contributed by atoms with Gasteiger partial charge < -0.3 is 0 Å². The van der Waals surface area contributed by atoms with Gasteiger partial charge in [0.1, 0.15) is 6.17 Å². The predicted molar refractivity (Wildman–Crippen MR) is 35.9 cm³/mol. The number of rotatable bonds is 0. The summed E-state index contributed by atoms with van der Waals surface area (Å²) in [5.74, 6) is 0. The first kappa shape index (κ1) is 6.47. The smallest absolute Gasteiger partial charge is 0.101 e. The Morgan fingerprint density at radius 2 is 1.90 bits per heavy atom. The van der Waals surface area contributed by atoms with Gasteiger partial charge in [0, 0.05) is 6.54 Å². The van der Waals surface area contributed by atoms with E-state index in [1.54, 1.807) is 0 Å². The lowest BCUT2D eigenvalue weighted by Crippen LogP contribution is -2.76. The van der Waals surface area contributed by atoms with Crippen LogP contribution < -0.4 is 32.8 Å². The van der Waals surface area contributed by atoms with Crippen LogP contribution in [0.4, 0.5) is 0 Å². The van der Waals surface area contributed by atoms with Gasteiger partial charge in [-0.2, -0.15) is 11.1 Å². The molecule has 0 aromatic rings. The van der Waals surface area contributed by atoms with E-state index in [4.69, 9.17) is 0 Å². The Kier molecular flexibility index (Phi) is 1.80. The van der Waals surface area contributed by atoms with Gasteiger partial charge in [-0.05, 0) is 6.42 Å². The Hall–Kier alpha value is -0.240. The van der Waals surface area contributed by atoms with E-state index in [2.05, 4.69) is 32.8 Å². The van der Waals surface area contributed by atoms with Crippen LogP contribution in [0.25, 0.3) is 0 Å². The molecule has 6 N–H and O–H groups in total. The minimum Gasteiger partial charge on any atom is -0.256 e. The zero-order valence-electron chi connectivity index (χ0n) is 5.57. The van der Waals surface area contributed by atoms with E-state index in [9.17, 15) is 0 Å². The molecule has 0 aromatic heterocycles. The van der Waals surface area contributed by atoms with Crippen LogP contribution in [0.2, 0.25) is 0 Å². The quantitative estimate of drug-likeness (QED) is 0.222. The summed E-state index contributed by atoms with van der Waals surface area (Å²) in [6.07, 6.45) is 1.37. The molecule has 2 saturated heterocycles. The lowest BCUT2D eigenvalue weighted by atomic mass is 10.1. The van der Waals surface area contributed by atoms with Crippen LogP contribution in [0.1, 0.15) is 6.42 Å². The van der Waals surface area contributed by atoms with Crippen molar-refractivity contribution in [2.75, 3.05) is 6.54 Å². The molecular formula is C4H12N6. The number of fused-ring (bicyclic) bond motifs is 1. The normalized spacial score (nSPS) is 40.8. The molecule has 6 heteroatoms. The molecule has 10 heavy (non-hydrogen) atoms. The monoisotopic (exact) mass is 144 g/mol. The molecule has 2 aliphatic heterocycles. The summed E-state index contributed by atoms with van der Waals surface area (Å²) >= 11 is 0. The second-order valence-electron chi connectivity index (χ2n) is 2.48. The highest BCUT2D eigenvalue weighted by Crippen LogP contribution is 1.98. The Labute approximate surface area is 59.0 Å². The van der Waals surface area contributed by atoms with Crippen molar-refractivity contribution in [2.45, 2.75) is 18.6 Å². The molecule has 6 nitrogen and oxygen atoms in total. The molecule has 2 fully saturated rings. The van der Waals surface area contributed by atoms with Crippen molar-refractivity contribution in [1.82, 2.24) is 32.8 Å². The van der Waals surface area contributed by atoms with Crippen LogP contribution in [-0.2, 0) is 0 Å². The Morgan fingerprint density at radius 1 is 1.00 bits per heavy atom. The Balaban J connectivity index is 1.93. The van der Waals surface area contributed by atoms with Crippen molar-refractivity contribution in [2.24, 2.45) is 0 Å². The fourth-order valence-corrected chi connectivity index (χ4v) is 1.21. The van der Waals surface area contributed by atoms with Crippen LogP contribution in [0, 0.1) is 0 Å². The predicted octanol–water partition coefficient (Wildman–Crippen LogP) is -2.70. The molecule has 0 radical (unpaired) electrons. The van der Waals surface area contributed by atoms with Crippen LogP contribution in [0.5, 0.6) is 0 Å². The van der Waals surface area contributed by atoms with Gasteiger partial charge >= 0.3 is 0 Å². The van der Waals surface area contributed by atoms with Crippen LogP contribution in [0.15, 0.2) is 0 Å². The van der Waals surface area contributed by atoms with E-state index in [1.807, 2.05) is 0 Å². The van der Waals surface area contributed by atoms with Gasteiger partial charge in [-0.25, -0.2) is 16.3 Å².